The molecule has 1 saturated carbocycles. The second-order valence-corrected chi connectivity index (χ2v) is 3.59. The molecule has 0 atom stereocenters. The van der Waals surface area contributed by atoms with Crippen LogP contribution >= 0.6 is 0 Å². The molecule has 13 heavy (non-hydrogen) atoms. The van der Waals surface area contributed by atoms with E-state index in [0.29, 0.717) is 6.42 Å². The van der Waals surface area contributed by atoms with Crippen LogP contribution in [0.2, 0.25) is 0 Å². The molecule has 2 nitrogen and oxygen atoms in total. The Labute approximate surface area is 78.2 Å². The van der Waals surface area contributed by atoms with Crippen LogP contribution in [0.5, 0.6) is 0 Å². The largest absolute Gasteiger partial charge is 0.261 e. The number of rotatable bonds is 3. The van der Waals surface area contributed by atoms with Crippen molar-refractivity contribution in [2.75, 3.05) is 0 Å². The van der Waals surface area contributed by atoms with E-state index in [-0.39, 0.29) is 0 Å². The molecule has 0 radical (unpaired) electrons. The minimum Gasteiger partial charge on any atom is -0.261 e. The van der Waals surface area contributed by atoms with E-state index in [1.165, 1.54) is 12.8 Å². The van der Waals surface area contributed by atoms with E-state index in [4.69, 9.17) is 5.26 Å². The molecule has 66 valence electrons. The lowest BCUT2D eigenvalue weighted by molar-refractivity contribution is 0.793. The fourth-order valence-electron chi connectivity index (χ4n) is 1.50. The average Bonchev–Trinajstić information content (AvgIpc) is 2.93. The van der Waals surface area contributed by atoms with Crippen molar-refractivity contribution in [1.29, 1.82) is 5.26 Å². The summed E-state index contributed by atoms with van der Waals surface area (Å²) in [5, 5.41) is 8.62. The molecule has 0 aliphatic heterocycles. The van der Waals surface area contributed by atoms with Crippen LogP contribution < -0.4 is 0 Å². The molecular weight excluding hydrogens is 160 g/mol. The van der Waals surface area contributed by atoms with Crippen molar-refractivity contribution in [2.45, 2.75) is 25.7 Å². The summed E-state index contributed by atoms with van der Waals surface area (Å²) in [6.45, 7) is 0. The van der Waals surface area contributed by atoms with E-state index in [0.717, 1.165) is 23.6 Å². The van der Waals surface area contributed by atoms with Gasteiger partial charge in [-0.15, -0.1) is 0 Å². The smallest absolute Gasteiger partial charge is 0.0670 e. The van der Waals surface area contributed by atoms with E-state index < -0.39 is 0 Å². The van der Waals surface area contributed by atoms with Crippen LogP contribution in [-0.2, 0) is 12.8 Å². The number of pyridine rings is 1. The first-order valence-corrected chi connectivity index (χ1v) is 4.70. The number of nitriles is 1. The Morgan fingerprint density at radius 2 is 2.38 bits per heavy atom. The molecule has 1 aliphatic carbocycles. The highest BCUT2D eigenvalue weighted by Gasteiger charge is 2.22. The molecule has 0 amide bonds. The van der Waals surface area contributed by atoms with Crippen molar-refractivity contribution < 1.29 is 0 Å². The normalized spacial score (nSPS) is 15.3. The summed E-state index contributed by atoms with van der Waals surface area (Å²) < 4.78 is 0. The summed E-state index contributed by atoms with van der Waals surface area (Å²) in [5.41, 5.74) is 2.24. The predicted octanol–water partition coefficient (Wildman–Crippen LogP) is 2.10. The molecular formula is C11H12N2. The van der Waals surface area contributed by atoms with Crippen LogP contribution in [0.3, 0.4) is 0 Å². The van der Waals surface area contributed by atoms with E-state index in [9.17, 15) is 0 Å². The molecule has 0 spiro atoms. The SMILES string of the molecule is N#CCc1cccnc1CC1CC1. The van der Waals surface area contributed by atoms with Crippen molar-refractivity contribution in [3.05, 3.63) is 29.6 Å². The second-order valence-electron chi connectivity index (χ2n) is 3.59. The van der Waals surface area contributed by atoms with Gasteiger partial charge in [-0.1, -0.05) is 6.07 Å². The van der Waals surface area contributed by atoms with Gasteiger partial charge in [0.2, 0.25) is 0 Å². The van der Waals surface area contributed by atoms with E-state index in [1.807, 2.05) is 18.3 Å². The number of hydrogen-bond donors (Lipinski definition) is 0. The van der Waals surface area contributed by atoms with Gasteiger partial charge in [0.1, 0.15) is 0 Å². The quantitative estimate of drug-likeness (QED) is 0.700. The highest BCUT2D eigenvalue weighted by Crippen LogP contribution is 2.32. The summed E-state index contributed by atoms with van der Waals surface area (Å²) in [7, 11) is 0. The van der Waals surface area contributed by atoms with Gasteiger partial charge in [-0.2, -0.15) is 5.26 Å². The lowest BCUT2D eigenvalue weighted by atomic mass is 10.1. The minimum atomic E-state index is 0.496. The van der Waals surface area contributed by atoms with Crippen LogP contribution in [0.4, 0.5) is 0 Å². The topological polar surface area (TPSA) is 36.7 Å². The van der Waals surface area contributed by atoms with Crippen molar-refractivity contribution in [2.24, 2.45) is 5.92 Å². The third-order valence-electron chi connectivity index (χ3n) is 2.43. The van der Waals surface area contributed by atoms with Crippen molar-refractivity contribution in [3.63, 3.8) is 0 Å². The zero-order valence-electron chi connectivity index (χ0n) is 7.53. The zero-order chi connectivity index (χ0) is 9.10. The first kappa shape index (κ1) is 8.25. The van der Waals surface area contributed by atoms with Crippen LogP contribution in [0, 0.1) is 17.2 Å². The van der Waals surface area contributed by atoms with Gasteiger partial charge in [0.05, 0.1) is 12.5 Å². The van der Waals surface area contributed by atoms with Gasteiger partial charge in [0.25, 0.3) is 0 Å². The zero-order valence-corrected chi connectivity index (χ0v) is 7.53. The fourth-order valence-corrected chi connectivity index (χ4v) is 1.50. The molecule has 1 fully saturated rings. The second kappa shape index (κ2) is 3.57. The van der Waals surface area contributed by atoms with Gasteiger partial charge in [-0.25, -0.2) is 0 Å². The standard InChI is InChI=1S/C11H12N2/c12-6-5-10-2-1-7-13-11(10)8-9-3-4-9/h1-2,7,9H,3-5,8H2. The lowest BCUT2D eigenvalue weighted by Crippen LogP contribution is -1.97. The highest BCUT2D eigenvalue weighted by atomic mass is 14.7. The van der Waals surface area contributed by atoms with Gasteiger partial charge >= 0.3 is 0 Å². The summed E-state index contributed by atoms with van der Waals surface area (Å²) in [5.74, 6) is 0.840. The highest BCUT2D eigenvalue weighted by molar-refractivity contribution is 5.23. The maximum atomic E-state index is 8.62. The van der Waals surface area contributed by atoms with Gasteiger partial charge in [-0.05, 0) is 36.8 Å². The maximum Gasteiger partial charge on any atom is 0.0670 e. The van der Waals surface area contributed by atoms with Crippen LogP contribution in [0.25, 0.3) is 0 Å². The molecule has 0 aromatic carbocycles. The molecule has 0 N–H and O–H groups in total. The molecule has 1 aromatic rings. The summed E-state index contributed by atoms with van der Waals surface area (Å²) >= 11 is 0. The molecule has 2 heteroatoms. The Bertz CT molecular complexity index is 334. The fraction of sp³-hybridized carbons (Fsp3) is 0.455. The molecule has 0 saturated heterocycles. The molecule has 1 heterocycles. The maximum absolute atomic E-state index is 8.62. The number of hydrogen-bond acceptors (Lipinski definition) is 2. The minimum absolute atomic E-state index is 0.496. The van der Waals surface area contributed by atoms with Gasteiger partial charge < -0.3 is 0 Å². The van der Waals surface area contributed by atoms with Crippen LogP contribution in [0.15, 0.2) is 18.3 Å². The Balaban J connectivity index is 2.16. The van der Waals surface area contributed by atoms with Crippen LogP contribution in [0.1, 0.15) is 24.1 Å². The Hall–Kier alpha value is -1.36. The van der Waals surface area contributed by atoms with Crippen molar-refractivity contribution in [1.82, 2.24) is 4.98 Å². The molecule has 2 rings (SSSR count). The third-order valence-corrected chi connectivity index (χ3v) is 2.43. The molecule has 1 aromatic heterocycles. The lowest BCUT2D eigenvalue weighted by Gasteiger charge is -2.03. The predicted molar refractivity (Wildman–Crippen MR) is 50.0 cm³/mol. The van der Waals surface area contributed by atoms with Gasteiger partial charge in [-0.3, -0.25) is 4.98 Å². The van der Waals surface area contributed by atoms with Gasteiger partial charge in [0.15, 0.2) is 0 Å². The molecule has 0 bridgehead atoms. The average molecular weight is 172 g/mol. The monoisotopic (exact) mass is 172 g/mol. The Morgan fingerprint density at radius 1 is 1.54 bits per heavy atom. The Morgan fingerprint density at radius 3 is 3.08 bits per heavy atom. The molecule has 0 unspecified atom stereocenters. The first-order chi connectivity index (χ1) is 6.40. The van der Waals surface area contributed by atoms with E-state index >= 15 is 0 Å². The summed E-state index contributed by atoms with van der Waals surface area (Å²) in [6, 6.07) is 6.09. The number of nitrogens with zero attached hydrogens (tertiary/aromatic N) is 2. The van der Waals surface area contributed by atoms with E-state index in [2.05, 4.69) is 11.1 Å². The van der Waals surface area contributed by atoms with Crippen molar-refractivity contribution in [3.8, 4) is 6.07 Å². The van der Waals surface area contributed by atoms with Gasteiger partial charge in [0, 0.05) is 11.9 Å². The third kappa shape index (κ3) is 2.06. The first-order valence-electron chi connectivity index (χ1n) is 4.70. The summed E-state index contributed by atoms with van der Waals surface area (Å²) in [6.07, 6.45) is 6.05. The van der Waals surface area contributed by atoms with E-state index in [1.54, 1.807) is 0 Å². The number of aromatic nitrogens is 1. The molecule has 1 aliphatic rings. The summed E-state index contributed by atoms with van der Waals surface area (Å²) in [4.78, 5) is 4.33. The Kier molecular flexibility index (Phi) is 2.27. The van der Waals surface area contributed by atoms with Crippen molar-refractivity contribution >= 4 is 0 Å². The van der Waals surface area contributed by atoms with Crippen LogP contribution in [-0.4, -0.2) is 4.98 Å².